The Kier molecular flexibility index (Phi) is 3.45. The van der Waals surface area contributed by atoms with Crippen LogP contribution in [0.4, 0.5) is 0 Å². The lowest BCUT2D eigenvalue weighted by molar-refractivity contribution is -0.0168. The lowest BCUT2D eigenvalue weighted by atomic mass is 9.77. The predicted octanol–water partition coefficient (Wildman–Crippen LogP) is 2.34. The molecule has 2 rings (SSSR count). The second kappa shape index (κ2) is 4.63. The number of ether oxygens (including phenoxy) is 1. The average molecular weight is 197 g/mol. The van der Waals surface area contributed by atoms with Crippen molar-refractivity contribution < 1.29 is 4.74 Å². The minimum absolute atomic E-state index is 0.500. The molecule has 2 fully saturated rings. The van der Waals surface area contributed by atoms with Crippen LogP contribution in [-0.4, -0.2) is 25.8 Å². The zero-order chi connectivity index (χ0) is 9.86. The third-order valence-electron chi connectivity index (χ3n) is 3.68. The van der Waals surface area contributed by atoms with Crippen LogP contribution < -0.4 is 5.32 Å². The first-order chi connectivity index (χ1) is 6.79. The predicted molar refractivity (Wildman–Crippen MR) is 58.4 cm³/mol. The molecular weight excluding hydrogens is 174 g/mol. The molecule has 2 nitrogen and oxygen atoms in total. The molecule has 0 saturated carbocycles. The van der Waals surface area contributed by atoms with Gasteiger partial charge in [-0.3, -0.25) is 0 Å². The van der Waals surface area contributed by atoms with Crippen molar-refractivity contribution in [3.63, 3.8) is 0 Å². The Morgan fingerprint density at radius 1 is 1.36 bits per heavy atom. The van der Waals surface area contributed by atoms with Gasteiger partial charge in [0.05, 0.1) is 6.10 Å². The van der Waals surface area contributed by atoms with E-state index >= 15 is 0 Å². The van der Waals surface area contributed by atoms with Gasteiger partial charge in [-0.2, -0.15) is 0 Å². The van der Waals surface area contributed by atoms with Crippen molar-refractivity contribution in [2.45, 2.75) is 51.6 Å². The molecular formula is C12H23NO. The summed E-state index contributed by atoms with van der Waals surface area (Å²) in [6.07, 6.45) is 8.45. The molecule has 2 aliphatic rings. The van der Waals surface area contributed by atoms with E-state index in [0.717, 1.165) is 6.61 Å². The molecule has 0 radical (unpaired) electrons. The molecule has 0 bridgehead atoms. The van der Waals surface area contributed by atoms with Crippen molar-refractivity contribution in [3.8, 4) is 0 Å². The second-order valence-electron chi connectivity index (χ2n) is 5.28. The van der Waals surface area contributed by atoms with Crippen molar-refractivity contribution in [2.75, 3.05) is 19.7 Å². The molecule has 2 unspecified atom stereocenters. The highest BCUT2D eigenvalue weighted by molar-refractivity contribution is 4.84. The molecule has 2 heterocycles. The topological polar surface area (TPSA) is 21.3 Å². The van der Waals surface area contributed by atoms with Gasteiger partial charge in [-0.05, 0) is 50.5 Å². The van der Waals surface area contributed by atoms with Gasteiger partial charge in [0.2, 0.25) is 0 Å². The SMILES string of the molecule is CC1(CC2CCCCO2)CCCNC1. The maximum Gasteiger partial charge on any atom is 0.0580 e. The smallest absolute Gasteiger partial charge is 0.0580 e. The zero-order valence-electron chi connectivity index (χ0n) is 9.35. The standard InChI is InChI=1S/C12H23NO/c1-12(6-4-7-13-10-12)9-11-5-2-3-8-14-11/h11,13H,2-10H2,1H3. The van der Waals surface area contributed by atoms with Gasteiger partial charge >= 0.3 is 0 Å². The van der Waals surface area contributed by atoms with Crippen LogP contribution in [0.5, 0.6) is 0 Å². The van der Waals surface area contributed by atoms with Gasteiger partial charge < -0.3 is 10.1 Å². The van der Waals surface area contributed by atoms with Crippen LogP contribution in [0.3, 0.4) is 0 Å². The van der Waals surface area contributed by atoms with Crippen molar-refractivity contribution in [1.82, 2.24) is 5.32 Å². The minimum atomic E-state index is 0.500. The Bertz CT molecular complexity index is 169. The van der Waals surface area contributed by atoms with Crippen molar-refractivity contribution in [1.29, 1.82) is 0 Å². The van der Waals surface area contributed by atoms with Gasteiger partial charge in [0.25, 0.3) is 0 Å². The minimum Gasteiger partial charge on any atom is -0.378 e. The molecule has 82 valence electrons. The molecule has 0 amide bonds. The molecule has 0 aromatic rings. The third kappa shape index (κ3) is 2.71. The number of hydrogen-bond acceptors (Lipinski definition) is 2. The Morgan fingerprint density at radius 3 is 2.93 bits per heavy atom. The molecule has 0 aliphatic carbocycles. The van der Waals surface area contributed by atoms with Gasteiger partial charge in [0, 0.05) is 13.2 Å². The monoisotopic (exact) mass is 197 g/mol. The molecule has 0 aromatic carbocycles. The van der Waals surface area contributed by atoms with Gasteiger partial charge in [-0.25, -0.2) is 0 Å². The summed E-state index contributed by atoms with van der Waals surface area (Å²) in [7, 11) is 0. The van der Waals surface area contributed by atoms with E-state index < -0.39 is 0 Å². The summed E-state index contributed by atoms with van der Waals surface area (Å²) in [5.74, 6) is 0. The van der Waals surface area contributed by atoms with Gasteiger partial charge in [0.15, 0.2) is 0 Å². The summed E-state index contributed by atoms with van der Waals surface area (Å²) in [5.41, 5.74) is 0.500. The normalized spacial score (nSPS) is 39.6. The summed E-state index contributed by atoms with van der Waals surface area (Å²) >= 11 is 0. The lowest BCUT2D eigenvalue weighted by Crippen LogP contribution is -2.41. The van der Waals surface area contributed by atoms with Crippen LogP contribution >= 0.6 is 0 Å². The van der Waals surface area contributed by atoms with Crippen LogP contribution in [0, 0.1) is 5.41 Å². The fourth-order valence-electron chi connectivity index (χ4n) is 2.81. The Balaban J connectivity index is 1.81. The van der Waals surface area contributed by atoms with E-state index in [1.54, 1.807) is 0 Å². The van der Waals surface area contributed by atoms with E-state index in [4.69, 9.17) is 4.74 Å². The molecule has 0 spiro atoms. The summed E-state index contributed by atoms with van der Waals surface area (Å²) in [5, 5.41) is 3.51. The zero-order valence-corrected chi connectivity index (χ0v) is 9.35. The Morgan fingerprint density at radius 2 is 2.29 bits per heavy atom. The summed E-state index contributed by atoms with van der Waals surface area (Å²) in [6, 6.07) is 0. The quantitative estimate of drug-likeness (QED) is 0.733. The van der Waals surface area contributed by atoms with E-state index in [1.165, 1.54) is 51.6 Å². The molecule has 1 N–H and O–H groups in total. The fourth-order valence-corrected chi connectivity index (χ4v) is 2.81. The largest absolute Gasteiger partial charge is 0.378 e. The van der Waals surface area contributed by atoms with E-state index in [-0.39, 0.29) is 0 Å². The van der Waals surface area contributed by atoms with Crippen molar-refractivity contribution in [2.24, 2.45) is 5.41 Å². The highest BCUT2D eigenvalue weighted by atomic mass is 16.5. The van der Waals surface area contributed by atoms with E-state index in [0.29, 0.717) is 11.5 Å². The first kappa shape index (κ1) is 10.4. The summed E-state index contributed by atoms with van der Waals surface area (Å²) < 4.78 is 5.82. The average Bonchev–Trinajstić information content (AvgIpc) is 2.19. The van der Waals surface area contributed by atoms with E-state index in [2.05, 4.69) is 12.2 Å². The highest BCUT2D eigenvalue weighted by Gasteiger charge is 2.30. The first-order valence-corrected chi connectivity index (χ1v) is 6.11. The molecule has 14 heavy (non-hydrogen) atoms. The van der Waals surface area contributed by atoms with Crippen LogP contribution in [-0.2, 0) is 4.74 Å². The number of hydrogen-bond donors (Lipinski definition) is 1. The van der Waals surface area contributed by atoms with Gasteiger partial charge in [-0.1, -0.05) is 6.92 Å². The maximum atomic E-state index is 5.82. The van der Waals surface area contributed by atoms with Gasteiger partial charge in [0.1, 0.15) is 0 Å². The Hall–Kier alpha value is -0.0800. The van der Waals surface area contributed by atoms with Crippen LogP contribution in [0.2, 0.25) is 0 Å². The van der Waals surface area contributed by atoms with Crippen LogP contribution in [0.1, 0.15) is 45.4 Å². The van der Waals surface area contributed by atoms with Crippen molar-refractivity contribution in [3.05, 3.63) is 0 Å². The van der Waals surface area contributed by atoms with Crippen LogP contribution in [0.25, 0.3) is 0 Å². The van der Waals surface area contributed by atoms with Crippen LogP contribution in [0.15, 0.2) is 0 Å². The molecule has 2 aliphatic heterocycles. The van der Waals surface area contributed by atoms with E-state index in [9.17, 15) is 0 Å². The highest BCUT2D eigenvalue weighted by Crippen LogP contribution is 2.33. The molecule has 2 saturated heterocycles. The molecule has 2 heteroatoms. The number of piperidine rings is 1. The number of rotatable bonds is 2. The summed E-state index contributed by atoms with van der Waals surface area (Å²) in [6.45, 7) is 5.80. The maximum absolute atomic E-state index is 5.82. The fraction of sp³-hybridized carbons (Fsp3) is 1.00. The summed E-state index contributed by atoms with van der Waals surface area (Å²) in [4.78, 5) is 0. The third-order valence-corrected chi connectivity index (χ3v) is 3.68. The molecule has 2 atom stereocenters. The number of nitrogens with one attached hydrogen (secondary N) is 1. The Labute approximate surface area is 87.4 Å². The molecule has 0 aromatic heterocycles. The van der Waals surface area contributed by atoms with Crippen molar-refractivity contribution >= 4 is 0 Å². The van der Waals surface area contributed by atoms with E-state index in [1.807, 2.05) is 0 Å². The lowest BCUT2D eigenvalue weighted by Gasteiger charge is -2.38. The van der Waals surface area contributed by atoms with Gasteiger partial charge in [-0.15, -0.1) is 0 Å². The first-order valence-electron chi connectivity index (χ1n) is 6.11. The second-order valence-corrected chi connectivity index (χ2v) is 5.28.